The first-order valence-electron chi connectivity index (χ1n) is 5.78. The first-order chi connectivity index (χ1) is 8.69. The number of aromatic nitrogens is 1. The fourth-order valence-electron chi connectivity index (χ4n) is 1.42. The van der Waals surface area contributed by atoms with Crippen LogP contribution in [0.5, 0.6) is 5.75 Å². The monoisotopic (exact) mass is 258 g/mol. The number of hydrogen-bond acceptors (Lipinski definition) is 4. The second-order valence-corrected chi connectivity index (χ2v) is 5.40. The van der Waals surface area contributed by atoms with E-state index in [4.69, 9.17) is 10.00 Å². The summed E-state index contributed by atoms with van der Waals surface area (Å²) in [7, 11) is 0. The second kappa shape index (κ2) is 5.65. The van der Waals surface area contributed by atoms with Crippen molar-refractivity contribution in [1.82, 2.24) is 4.98 Å². The van der Waals surface area contributed by atoms with Gasteiger partial charge in [-0.1, -0.05) is 13.8 Å². The van der Waals surface area contributed by atoms with Gasteiger partial charge in [0.15, 0.2) is 0 Å². The zero-order valence-corrected chi connectivity index (χ0v) is 11.2. The molecule has 0 fully saturated rings. The summed E-state index contributed by atoms with van der Waals surface area (Å²) in [5.74, 6) is 1.38. The number of rotatable bonds is 4. The molecule has 0 atom stereocenters. The zero-order chi connectivity index (χ0) is 13.0. The molecule has 0 amide bonds. The summed E-state index contributed by atoms with van der Waals surface area (Å²) in [6.07, 6.45) is 1.60. The maximum Gasteiger partial charge on any atom is 0.125 e. The molecule has 1 heterocycles. The molecular weight excluding hydrogens is 244 g/mol. The molecule has 0 bridgehead atoms. The molecular formula is C14H14N2OS. The highest BCUT2D eigenvalue weighted by molar-refractivity contribution is 7.15. The van der Waals surface area contributed by atoms with Gasteiger partial charge in [0.05, 0.1) is 12.8 Å². The number of benzene rings is 1. The van der Waals surface area contributed by atoms with E-state index in [0.29, 0.717) is 10.8 Å². The average Bonchev–Trinajstić information content (AvgIpc) is 2.85. The molecule has 0 N–H and O–H groups in total. The van der Waals surface area contributed by atoms with Crippen LogP contribution in [0.25, 0.3) is 10.6 Å². The molecule has 0 aliphatic rings. The Kier molecular flexibility index (Phi) is 3.96. The van der Waals surface area contributed by atoms with Gasteiger partial charge in [0.25, 0.3) is 0 Å². The molecule has 18 heavy (non-hydrogen) atoms. The number of thiazole rings is 1. The molecule has 0 saturated heterocycles. The molecule has 0 radical (unpaired) electrons. The van der Waals surface area contributed by atoms with Crippen molar-refractivity contribution in [1.29, 1.82) is 5.26 Å². The maximum atomic E-state index is 8.76. The number of nitriles is 1. The third-order valence-electron chi connectivity index (χ3n) is 2.30. The molecule has 1 aromatic heterocycles. The summed E-state index contributed by atoms with van der Waals surface area (Å²) in [6, 6.07) is 9.90. The van der Waals surface area contributed by atoms with E-state index < -0.39 is 0 Å². The van der Waals surface area contributed by atoms with Crippen molar-refractivity contribution in [3.8, 4) is 22.4 Å². The molecule has 3 nitrogen and oxygen atoms in total. The van der Waals surface area contributed by atoms with Crippen LogP contribution in [0.2, 0.25) is 0 Å². The summed E-state index contributed by atoms with van der Waals surface area (Å²) in [6.45, 7) is 4.95. The molecule has 2 aromatic rings. The third-order valence-corrected chi connectivity index (χ3v) is 3.25. The van der Waals surface area contributed by atoms with Crippen LogP contribution in [0.15, 0.2) is 30.5 Å². The first kappa shape index (κ1) is 12.6. The smallest absolute Gasteiger partial charge is 0.125 e. The van der Waals surface area contributed by atoms with E-state index in [9.17, 15) is 0 Å². The molecule has 2 rings (SSSR count). The largest absolute Gasteiger partial charge is 0.493 e. The van der Waals surface area contributed by atoms with Crippen LogP contribution >= 0.6 is 11.3 Å². The molecule has 4 heteroatoms. The zero-order valence-electron chi connectivity index (χ0n) is 10.4. The third kappa shape index (κ3) is 3.08. The fourth-order valence-corrected chi connectivity index (χ4v) is 2.13. The van der Waals surface area contributed by atoms with Crippen molar-refractivity contribution >= 4 is 11.3 Å². The SMILES string of the molecule is CC(C)COc1ccc(-c2ncc(C#N)s2)cc1. The Bertz CT molecular complexity index is 552. The molecule has 0 aliphatic carbocycles. The lowest BCUT2D eigenvalue weighted by Crippen LogP contribution is -2.04. The van der Waals surface area contributed by atoms with Gasteiger partial charge >= 0.3 is 0 Å². The highest BCUT2D eigenvalue weighted by Gasteiger charge is 2.04. The Labute approximate surface area is 111 Å². The minimum Gasteiger partial charge on any atom is -0.493 e. The van der Waals surface area contributed by atoms with Crippen LogP contribution < -0.4 is 4.74 Å². The summed E-state index contributed by atoms with van der Waals surface area (Å²) < 4.78 is 5.62. The van der Waals surface area contributed by atoms with Gasteiger partial charge in [-0.15, -0.1) is 11.3 Å². The molecule has 1 aromatic carbocycles. The minimum atomic E-state index is 0.516. The summed E-state index contributed by atoms with van der Waals surface area (Å²) in [4.78, 5) is 4.85. The van der Waals surface area contributed by atoms with Crippen LogP contribution in [0.4, 0.5) is 0 Å². The molecule has 0 unspecified atom stereocenters. The lowest BCUT2D eigenvalue weighted by molar-refractivity contribution is 0.271. The van der Waals surface area contributed by atoms with Crippen LogP contribution in [-0.2, 0) is 0 Å². The van der Waals surface area contributed by atoms with Gasteiger partial charge in [-0.2, -0.15) is 5.26 Å². The number of hydrogen-bond donors (Lipinski definition) is 0. The number of nitrogens with zero attached hydrogens (tertiary/aromatic N) is 2. The van der Waals surface area contributed by atoms with Crippen LogP contribution in [-0.4, -0.2) is 11.6 Å². The standard InChI is InChI=1S/C14H14N2OS/c1-10(2)9-17-12-5-3-11(4-6-12)14-16-8-13(7-15)18-14/h3-6,8,10H,9H2,1-2H3. The Morgan fingerprint density at radius 3 is 2.61 bits per heavy atom. The van der Waals surface area contributed by atoms with Crippen LogP contribution in [0.3, 0.4) is 0 Å². The number of ether oxygens (including phenoxy) is 1. The second-order valence-electron chi connectivity index (χ2n) is 4.37. The Morgan fingerprint density at radius 2 is 2.06 bits per heavy atom. The summed E-state index contributed by atoms with van der Waals surface area (Å²) >= 11 is 1.40. The first-order valence-corrected chi connectivity index (χ1v) is 6.60. The molecule has 0 aliphatic heterocycles. The Morgan fingerprint density at radius 1 is 1.33 bits per heavy atom. The molecule has 92 valence electrons. The lowest BCUT2D eigenvalue weighted by atomic mass is 10.2. The molecule has 0 spiro atoms. The minimum absolute atomic E-state index is 0.516. The van der Waals surface area contributed by atoms with Crippen molar-refractivity contribution in [2.24, 2.45) is 5.92 Å². The van der Waals surface area contributed by atoms with E-state index in [1.165, 1.54) is 11.3 Å². The Balaban J connectivity index is 2.10. The summed E-state index contributed by atoms with van der Waals surface area (Å²) in [5.41, 5.74) is 1.01. The summed E-state index contributed by atoms with van der Waals surface area (Å²) in [5, 5.41) is 9.63. The van der Waals surface area contributed by atoms with Crippen LogP contribution in [0.1, 0.15) is 18.7 Å². The topological polar surface area (TPSA) is 45.9 Å². The van der Waals surface area contributed by atoms with Crippen molar-refractivity contribution in [2.75, 3.05) is 6.61 Å². The van der Waals surface area contributed by atoms with E-state index in [1.807, 2.05) is 24.3 Å². The van der Waals surface area contributed by atoms with Crippen molar-refractivity contribution in [2.45, 2.75) is 13.8 Å². The van der Waals surface area contributed by atoms with E-state index in [0.717, 1.165) is 22.9 Å². The average molecular weight is 258 g/mol. The highest BCUT2D eigenvalue weighted by atomic mass is 32.1. The van der Waals surface area contributed by atoms with Gasteiger partial charge in [-0.3, -0.25) is 0 Å². The molecule has 0 saturated carbocycles. The van der Waals surface area contributed by atoms with Crippen molar-refractivity contribution in [3.63, 3.8) is 0 Å². The van der Waals surface area contributed by atoms with E-state index in [-0.39, 0.29) is 0 Å². The van der Waals surface area contributed by atoms with E-state index >= 15 is 0 Å². The predicted molar refractivity (Wildman–Crippen MR) is 72.6 cm³/mol. The van der Waals surface area contributed by atoms with Crippen molar-refractivity contribution < 1.29 is 4.74 Å². The quantitative estimate of drug-likeness (QED) is 0.839. The fraction of sp³-hybridized carbons (Fsp3) is 0.286. The highest BCUT2D eigenvalue weighted by Crippen LogP contribution is 2.26. The van der Waals surface area contributed by atoms with Crippen LogP contribution in [0, 0.1) is 17.2 Å². The van der Waals surface area contributed by atoms with Gasteiger partial charge in [0, 0.05) is 5.56 Å². The van der Waals surface area contributed by atoms with Gasteiger partial charge in [0.1, 0.15) is 21.7 Å². The normalized spacial score (nSPS) is 10.3. The Hall–Kier alpha value is -1.86. The predicted octanol–water partition coefficient (Wildman–Crippen LogP) is 3.72. The van der Waals surface area contributed by atoms with Gasteiger partial charge in [0.2, 0.25) is 0 Å². The van der Waals surface area contributed by atoms with Gasteiger partial charge < -0.3 is 4.74 Å². The lowest BCUT2D eigenvalue weighted by Gasteiger charge is -2.08. The van der Waals surface area contributed by atoms with Gasteiger partial charge in [-0.05, 0) is 30.2 Å². The van der Waals surface area contributed by atoms with E-state index in [2.05, 4.69) is 24.9 Å². The maximum absolute atomic E-state index is 8.76. The van der Waals surface area contributed by atoms with E-state index in [1.54, 1.807) is 6.20 Å². The van der Waals surface area contributed by atoms with Gasteiger partial charge in [-0.25, -0.2) is 4.98 Å². The van der Waals surface area contributed by atoms with Crippen molar-refractivity contribution in [3.05, 3.63) is 35.3 Å².